The van der Waals surface area contributed by atoms with E-state index in [1.54, 1.807) is 22.4 Å². The standard InChI is InChI=1S/C21H20ClF2N5/c1-4-28-11-16(12(2)26-28)18-9-15(20(23)24)19-13(3)27-29(21(19)25-18)10-14-7-5-6-8-17(14)22/h5-9,11,20H,4,10H2,1-3H3. The zero-order valence-corrected chi connectivity index (χ0v) is 17.1. The summed E-state index contributed by atoms with van der Waals surface area (Å²) in [6.45, 7) is 6.57. The van der Waals surface area contributed by atoms with E-state index in [1.807, 2.05) is 38.2 Å². The van der Waals surface area contributed by atoms with Crippen LogP contribution in [0.2, 0.25) is 5.02 Å². The van der Waals surface area contributed by atoms with Crippen molar-refractivity contribution in [2.24, 2.45) is 0 Å². The van der Waals surface area contributed by atoms with Crippen LogP contribution in [0.15, 0.2) is 36.5 Å². The van der Waals surface area contributed by atoms with Gasteiger partial charge in [0.1, 0.15) is 0 Å². The van der Waals surface area contributed by atoms with Gasteiger partial charge in [-0.1, -0.05) is 29.8 Å². The van der Waals surface area contributed by atoms with Gasteiger partial charge in [0.15, 0.2) is 5.65 Å². The van der Waals surface area contributed by atoms with Crippen LogP contribution in [0.5, 0.6) is 0 Å². The fourth-order valence-corrected chi connectivity index (χ4v) is 3.72. The molecule has 8 heteroatoms. The Labute approximate surface area is 171 Å². The zero-order chi connectivity index (χ0) is 20.7. The SMILES string of the molecule is CCn1cc(-c2cc(C(F)F)c3c(C)nn(Cc4ccccc4Cl)c3n2)c(C)n1. The normalized spacial score (nSPS) is 11.7. The van der Waals surface area contributed by atoms with Gasteiger partial charge >= 0.3 is 0 Å². The molecule has 150 valence electrons. The Kier molecular flexibility index (Phi) is 5.08. The van der Waals surface area contributed by atoms with E-state index in [0.717, 1.165) is 16.8 Å². The van der Waals surface area contributed by atoms with Crippen molar-refractivity contribution in [2.45, 2.75) is 40.3 Å². The number of aromatic nitrogens is 5. The molecule has 0 N–H and O–H groups in total. The molecular weight excluding hydrogens is 396 g/mol. The van der Waals surface area contributed by atoms with Gasteiger partial charge < -0.3 is 0 Å². The van der Waals surface area contributed by atoms with Crippen LogP contribution in [0.4, 0.5) is 8.78 Å². The van der Waals surface area contributed by atoms with E-state index in [0.29, 0.717) is 40.5 Å². The lowest BCUT2D eigenvalue weighted by molar-refractivity contribution is 0.153. The molecule has 0 spiro atoms. The molecule has 29 heavy (non-hydrogen) atoms. The number of hydrogen-bond acceptors (Lipinski definition) is 3. The molecule has 0 radical (unpaired) electrons. The Morgan fingerprint density at radius 2 is 1.86 bits per heavy atom. The number of alkyl halides is 2. The highest BCUT2D eigenvalue weighted by Gasteiger charge is 2.22. The van der Waals surface area contributed by atoms with Crippen LogP contribution < -0.4 is 0 Å². The third-order valence-corrected chi connectivity index (χ3v) is 5.34. The molecule has 4 aromatic rings. The molecule has 0 saturated heterocycles. The third-order valence-electron chi connectivity index (χ3n) is 4.97. The predicted molar refractivity (Wildman–Crippen MR) is 109 cm³/mol. The number of aryl methyl sites for hydroxylation is 3. The fourth-order valence-electron chi connectivity index (χ4n) is 3.53. The van der Waals surface area contributed by atoms with Gasteiger partial charge in [-0.15, -0.1) is 0 Å². The minimum atomic E-state index is -2.64. The van der Waals surface area contributed by atoms with Gasteiger partial charge in [-0.2, -0.15) is 10.2 Å². The van der Waals surface area contributed by atoms with Gasteiger partial charge in [-0.25, -0.2) is 18.4 Å². The maximum atomic E-state index is 13.9. The third kappa shape index (κ3) is 3.51. The van der Waals surface area contributed by atoms with Gasteiger partial charge in [0.25, 0.3) is 6.43 Å². The van der Waals surface area contributed by atoms with Crippen LogP contribution in [-0.4, -0.2) is 24.5 Å². The first kappa shape index (κ1) is 19.5. The smallest absolute Gasteiger partial charge is 0.264 e. The minimum absolute atomic E-state index is 0.0726. The molecule has 0 bridgehead atoms. The van der Waals surface area contributed by atoms with E-state index in [9.17, 15) is 8.78 Å². The number of benzene rings is 1. The van der Waals surface area contributed by atoms with Gasteiger partial charge in [0.05, 0.1) is 29.0 Å². The first-order valence-electron chi connectivity index (χ1n) is 9.33. The maximum absolute atomic E-state index is 13.9. The summed E-state index contributed by atoms with van der Waals surface area (Å²) < 4.78 is 31.3. The number of rotatable bonds is 5. The second-order valence-electron chi connectivity index (χ2n) is 6.91. The van der Waals surface area contributed by atoms with Crippen LogP contribution >= 0.6 is 11.6 Å². The molecular formula is C21H20ClF2N5. The van der Waals surface area contributed by atoms with Crippen molar-refractivity contribution in [3.63, 3.8) is 0 Å². The van der Waals surface area contributed by atoms with Crippen molar-refractivity contribution in [2.75, 3.05) is 0 Å². The number of halogens is 3. The van der Waals surface area contributed by atoms with E-state index in [-0.39, 0.29) is 5.56 Å². The van der Waals surface area contributed by atoms with Crippen LogP contribution in [0.25, 0.3) is 22.3 Å². The van der Waals surface area contributed by atoms with Crippen molar-refractivity contribution in [1.29, 1.82) is 0 Å². The number of hydrogen-bond donors (Lipinski definition) is 0. The Morgan fingerprint density at radius 1 is 1.10 bits per heavy atom. The molecule has 0 amide bonds. The molecule has 3 heterocycles. The summed E-state index contributed by atoms with van der Waals surface area (Å²) in [4.78, 5) is 4.71. The summed E-state index contributed by atoms with van der Waals surface area (Å²) in [5, 5.41) is 9.89. The highest BCUT2D eigenvalue weighted by atomic mass is 35.5. The Balaban J connectivity index is 1.93. The van der Waals surface area contributed by atoms with Crippen LogP contribution in [0.1, 0.15) is 35.9 Å². The summed E-state index contributed by atoms with van der Waals surface area (Å²) in [5.74, 6) is 0. The second kappa shape index (κ2) is 7.55. The Bertz CT molecular complexity index is 1200. The van der Waals surface area contributed by atoms with Crippen molar-refractivity contribution in [1.82, 2.24) is 24.5 Å². The van der Waals surface area contributed by atoms with Crippen molar-refractivity contribution >= 4 is 22.6 Å². The number of pyridine rings is 1. The second-order valence-corrected chi connectivity index (χ2v) is 7.32. The minimum Gasteiger partial charge on any atom is -0.272 e. The molecule has 0 saturated carbocycles. The average Bonchev–Trinajstić information content (AvgIpc) is 3.22. The van der Waals surface area contributed by atoms with Crippen LogP contribution in [0.3, 0.4) is 0 Å². The van der Waals surface area contributed by atoms with Crippen molar-refractivity contribution < 1.29 is 8.78 Å². The summed E-state index contributed by atoms with van der Waals surface area (Å²) >= 11 is 6.29. The van der Waals surface area contributed by atoms with E-state index < -0.39 is 6.43 Å². The van der Waals surface area contributed by atoms with Gasteiger partial charge in [-0.05, 0) is 38.5 Å². The summed E-state index contributed by atoms with van der Waals surface area (Å²) in [7, 11) is 0. The molecule has 0 unspecified atom stereocenters. The largest absolute Gasteiger partial charge is 0.272 e. The van der Waals surface area contributed by atoms with Crippen molar-refractivity contribution in [3.05, 3.63) is 64.1 Å². The fraction of sp³-hybridized carbons (Fsp3) is 0.286. The van der Waals surface area contributed by atoms with E-state index in [4.69, 9.17) is 16.6 Å². The summed E-state index contributed by atoms with van der Waals surface area (Å²) in [6, 6.07) is 8.86. The van der Waals surface area contributed by atoms with E-state index in [2.05, 4.69) is 10.2 Å². The summed E-state index contributed by atoms with van der Waals surface area (Å²) in [6.07, 6.45) is -0.808. The van der Waals surface area contributed by atoms with Crippen LogP contribution in [-0.2, 0) is 13.1 Å². The lowest BCUT2D eigenvalue weighted by Crippen LogP contribution is -2.04. The van der Waals surface area contributed by atoms with Gasteiger partial charge in [0.2, 0.25) is 0 Å². The first-order chi connectivity index (χ1) is 13.9. The summed E-state index contributed by atoms with van der Waals surface area (Å²) in [5.41, 5.74) is 3.65. The van der Waals surface area contributed by atoms with Gasteiger partial charge in [0, 0.05) is 28.9 Å². The maximum Gasteiger partial charge on any atom is 0.264 e. The molecule has 0 fully saturated rings. The Hall–Kier alpha value is -2.80. The molecule has 3 aromatic heterocycles. The zero-order valence-electron chi connectivity index (χ0n) is 16.3. The molecule has 0 aliphatic rings. The Morgan fingerprint density at radius 3 is 2.52 bits per heavy atom. The highest BCUT2D eigenvalue weighted by Crippen LogP contribution is 2.34. The average molecular weight is 416 g/mol. The van der Waals surface area contributed by atoms with E-state index in [1.165, 1.54) is 6.07 Å². The first-order valence-corrected chi connectivity index (χ1v) is 9.70. The molecule has 0 aliphatic carbocycles. The lowest BCUT2D eigenvalue weighted by atomic mass is 10.1. The monoisotopic (exact) mass is 415 g/mol. The molecule has 4 rings (SSSR count). The molecule has 0 aliphatic heterocycles. The van der Waals surface area contributed by atoms with Crippen LogP contribution in [0, 0.1) is 13.8 Å². The number of fused-ring (bicyclic) bond motifs is 1. The number of nitrogens with zero attached hydrogens (tertiary/aromatic N) is 5. The van der Waals surface area contributed by atoms with Crippen molar-refractivity contribution in [3.8, 4) is 11.3 Å². The molecule has 0 atom stereocenters. The van der Waals surface area contributed by atoms with E-state index >= 15 is 0 Å². The van der Waals surface area contributed by atoms with Gasteiger partial charge in [-0.3, -0.25) is 4.68 Å². The topological polar surface area (TPSA) is 48.5 Å². The lowest BCUT2D eigenvalue weighted by Gasteiger charge is -2.09. The highest BCUT2D eigenvalue weighted by molar-refractivity contribution is 6.31. The quantitative estimate of drug-likeness (QED) is 0.428. The molecule has 5 nitrogen and oxygen atoms in total. The molecule has 1 aromatic carbocycles. The predicted octanol–water partition coefficient (Wildman–Crippen LogP) is 5.57.